The highest BCUT2D eigenvalue weighted by Crippen LogP contribution is 2.22. The first kappa shape index (κ1) is 25.2. The zero-order chi connectivity index (χ0) is 23.6. The van der Waals surface area contributed by atoms with Gasteiger partial charge in [-0.25, -0.2) is 4.79 Å². The number of alkyl carbamates (subject to hydrolysis) is 1. The third-order valence-corrected chi connectivity index (χ3v) is 5.06. The van der Waals surface area contributed by atoms with E-state index in [9.17, 15) is 9.59 Å². The van der Waals surface area contributed by atoms with Gasteiger partial charge < -0.3 is 19.5 Å². The number of carbonyl (C=O) groups excluding carboxylic acids is 2. The monoisotopic (exact) mass is 441 g/mol. The van der Waals surface area contributed by atoms with Crippen LogP contribution in [0.15, 0.2) is 54.6 Å². The van der Waals surface area contributed by atoms with E-state index < -0.39 is 17.2 Å². The van der Waals surface area contributed by atoms with Gasteiger partial charge in [-0.05, 0) is 63.3 Å². The Morgan fingerprint density at radius 3 is 2.16 bits per heavy atom. The summed E-state index contributed by atoms with van der Waals surface area (Å²) in [7, 11) is 0. The first-order chi connectivity index (χ1) is 15.1. The van der Waals surface area contributed by atoms with Crippen LogP contribution >= 0.6 is 0 Å². The number of benzene rings is 2. The van der Waals surface area contributed by atoms with Gasteiger partial charge in [0.1, 0.15) is 24.6 Å². The van der Waals surface area contributed by atoms with E-state index in [0.717, 1.165) is 16.9 Å². The minimum Gasteiger partial charge on any atom is -0.489 e. The molecule has 0 aliphatic heterocycles. The zero-order valence-corrected chi connectivity index (χ0v) is 19.8. The fourth-order valence-corrected chi connectivity index (χ4v) is 3.17. The van der Waals surface area contributed by atoms with Crippen LogP contribution in [0.3, 0.4) is 0 Å². The Morgan fingerprint density at radius 1 is 0.938 bits per heavy atom. The van der Waals surface area contributed by atoms with Crippen molar-refractivity contribution in [1.29, 1.82) is 0 Å². The number of aryl methyl sites for hydroxylation is 1. The molecule has 1 N–H and O–H groups in total. The van der Waals surface area contributed by atoms with Gasteiger partial charge in [0.05, 0.1) is 5.54 Å². The Balaban J connectivity index is 2.00. The predicted octanol–water partition coefficient (Wildman–Crippen LogP) is 5.43. The van der Waals surface area contributed by atoms with Gasteiger partial charge in [0, 0.05) is 6.92 Å². The normalized spacial score (nSPS) is 13.0. The van der Waals surface area contributed by atoms with Gasteiger partial charge in [-0.3, -0.25) is 4.79 Å². The number of rotatable bonds is 10. The lowest BCUT2D eigenvalue weighted by molar-refractivity contribution is -0.143. The number of ether oxygens (including phenoxy) is 3. The molecule has 2 aromatic carbocycles. The van der Waals surface area contributed by atoms with Crippen molar-refractivity contribution >= 4 is 12.1 Å². The van der Waals surface area contributed by atoms with Crippen molar-refractivity contribution in [1.82, 2.24) is 5.32 Å². The van der Waals surface area contributed by atoms with Crippen molar-refractivity contribution in [2.45, 2.75) is 71.6 Å². The summed E-state index contributed by atoms with van der Waals surface area (Å²) >= 11 is 0. The highest BCUT2D eigenvalue weighted by atomic mass is 16.6. The van der Waals surface area contributed by atoms with Gasteiger partial charge in [-0.2, -0.15) is 0 Å². The Morgan fingerprint density at radius 2 is 1.59 bits per heavy atom. The van der Waals surface area contributed by atoms with Crippen LogP contribution < -0.4 is 10.1 Å². The van der Waals surface area contributed by atoms with E-state index >= 15 is 0 Å². The van der Waals surface area contributed by atoms with Crippen LogP contribution in [0.4, 0.5) is 4.79 Å². The molecule has 0 spiro atoms. The third kappa shape index (κ3) is 9.00. The average molecular weight is 442 g/mol. The lowest BCUT2D eigenvalue weighted by Crippen LogP contribution is -2.53. The molecule has 32 heavy (non-hydrogen) atoms. The van der Waals surface area contributed by atoms with E-state index in [0.29, 0.717) is 25.9 Å². The van der Waals surface area contributed by atoms with Crippen molar-refractivity contribution in [3.8, 4) is 5.75 Å². The fraction of sp³-hybridized carbons (Fsp3) is 0.462. The molecule has 2 aromatic rings. The molecule has 6 heteroatoms. The second kappa shape index (κ2) is 11.6. The number of esters is 1. The summed E-state index contributed by atoms with van der Waals surface area (Å²) in [6.07, 6.45) is 1.37. The molecule has 0 aromatic heterocycles. The van der Waals surface area contributed by atoms with Crippen LogP contribution in [0.2, 0.25) is 0 Å². The SMILES string of the molecule is CCC(CCc1ccc(OCc2ccccc2)cc1)(COC(C)=O)NC(=O)OC(C)(C)C. The minimum atomic E-state index is -0.712. The maximum absolute atomic E-state index is 12.4. The Bertz CT molecular complexity index is 858. The van der Waals surface area contributed by atoms with Gasteiger partial charge in [0.15, 0.2) is 0 Å². The van der Waals surface area contributed by atoms with E-state index in [4.69, 9.17) is 14.2 Å². The molecule has 1 amide bonds. The first-order valence-electron chi connectivity index (χ1n) is 11.0. The van der Waals surface area contributed by atoms with Crippen molar-refractivity contribution in [2.75, 3.05) is 6.61 Å². The third-order valence-electron chi connectivity index (χ3n) is 5.06. The summed E-state index contributed by atoms with van der Waals surface area (Å²) in [6.45, 7) is 9.37. The van der Waals surface area contributed by atoms with E-state index in [1.165, 1.54) is 6.92 Å². The summed E-state index contributed by atoms with van der Waals surface area (Å²) in [4.78, 5) is 23.8. The first-order valence-corrected chi connectivity index (χ1v) is 11.0. The predicted molar refractivity (Wildman–Crippen MR) is 125 cm³/mol. The molecule has 0 aliphatic carbocycles. The maximum atomic E-state index is 12.4. The van der Waals surface area contributed by atoms with Crippen molar-refractivity contribution in [3.63, 3.8) is 0 Å². The summed E-state index contributed by atoms with van der Waals surface area (Å²) in [5.74, 6) is 0.417. The van der Waals surface area contributed by atoms with E-state index in [1.807, 2.05) is 82.3 Å². The Kier molecular flexibility index (Phi) is 9.12. The molecule has 0 saturated heterocycles. The molecule has 0 radical (unpaired) electrons. The van der Waals surface area contributed by atoms with Crippen molar-refractivity contribution in [3.05, 3.63) is 65.7 Å². The summed E-state index contributed by atoms with van der Waals surface area (Å²) in [6, 6.07) is 17.9. The van der Waals surface area contributed by atoms with Gasteiger partial charge in [-0.15, -0.1) is 0 Å². The molecular formula is C26H35NO5. The van der Waals surface area contributed by atoms with Gasteiger partial charge in [-0.1, -0.05) is 49.4 Å². The van der Waals surface area contributed by atoms with Crippen LogP contribution in [0.25, 0.3) is 0 Å². The average Bonchev–Trinajstić information content (AvgIpc) is 2.74. The minimum absolute atomic E-state index is 0.0936. The number of nitrogens with one attached hydrogen (secondary N) is 1. The van der Waals surface area contributed by atoms with Crippen molar-refractivity contribution < 1.29 is 23.8 Å². The number of hydrogen-bond donors (Lipinski definition) is 1. The topological polar surface area (TPSA) is 73.9 Å². The lowest BCUT2D eigenvalue weighted by Gasteiger charge is -2.34. The molecular weight excluding hydrogens is 406 g/mol. The number of amides is 1. The highest BCUT2D eigenvalue weighted by molar-refractivity contribution is 5.69. The second-order valence-electron chi connectivity index (χ2n) is 8.96. The van der Waals surface area contributed by atoms with Crippen LogP contribution in [0, 0.1) is 0 Å². The second-order valence-corrected chi connectivity index (χ2v) is 8.96. The molecule has 0 aliphatic rings. The molecule has 0 fully saturated rings. The van der Waals surface area contributed by atoms with E-state index in [2.05, 4.69) is 5.32 Å². The molecule has 6 nitrogen and oxygen atoms in total. The molecule has 0 heterocycles. The largest absolute Gasteiger partial charge is 0.489 e. The number of hydrogen-bond acceptors (Lipinski definition) is 5. The quantitative estimate of drug-likeness (QED) is 0.497. The van der Waals surface area contributed by atoms with Crippen LogP contribution in [-0.4, -0.2) is 29.8 Å². The van der Waals surface area contributed by atoms with Crippen LogP contribution in [0.1, 0.15) is 58.6 Å². The fourth-order valence-electron chi connectivity index (χ4n) is 3.17. The van der Waals surface area contributed by atoms with E-state index in [1.54, 1.807) is 0 Å². The van der Waals surface area contributed by atoms with E-state index in [-0.39, 0.29) is 12.6 Å². The number of carbonyl (C=O) groups is 2. The molecule has 0 saturated carbocycles. The van der Waals surface area contributed by atoms with Gasteiger partial charge >= 0.3 is 12.1 Å². The van der Waals surface area contributed by atoms with Crippen molar-refractivity contribution in [2.24, 2.45) is 0 Å². The smallest absolute Gasteiger partial charge is 0.408 e. The zero-order valence-electron chi connectivity index (χ0n) is 19.8. The molecule has 2 rings (SSSR count). The van der Waals surface area contributed by atoms with Gasteiger partial charge in [0.2, 0.25) is 0 Å². The lowest BCUT2D eigenvalue weighted by atomic mass is 9.89. The molecule has 1 atom stereocenters. The van der Waals surface area contributed by atoms with Crippen LogP contribution in [-0.2, 0) is 27.3 Å². The maximum Gasteiger partial charge on any atom is 0.408 e. The van der Waals surface area contributed by atoms with Gasteiger partial charge in [0.25, 0.3) is 0 Å². The molecule has 1 unspecified atom stereocenters. The summed E-state index contributed by atoms with van der Waals surface area (Å²) in [5, 5.41) is 2.95. The standard InChI is InChI=1S/C26H35NO5/c1-6-26(19-31-20(2)28,27-24(29)32-25(3,4)5)17-16-21-12-14-23(15-13-21)30-18-22-10-8-7-9-11-22/h7-15H,6,16-19H2,1-5H3,(H,27,29). The van der Waals surface area contributed by atoms with Crippen LogP contribution in [0.5, 0.6) is 5.75 Å². The summed E-state index contributed by atoms with van der Waals surface area (Å²) < 4.78 is 16.6. The highest BCUT2D eigenvalue weighted by Gasteiger charge is 2.33. The molecule has 174 valence electrons. The summed E-state index contributed by atoms with van der Waals surface area (Å²) in [5.41, 5.74) is 0.892. The molecule has 0 bridgehead atoms. The Labute approximate surface area is 191 Å². The Hall–Kier alpha value is -3.02.